The lowest BCUT2D eigenvalue weighted by atomic mass is 10.1. The maximum Gasteiger partial charge on any atom is 0.276 e. The Balaban J connectivity index is 1.98. The first-order valence-electron chi connectivity index (χ1n) is 7.92. The fourth-order valence-electron chi connectivity index (χ4n) is 2.92. The van der Waals surface area contributed by atoms with Crippen molar-refractivity contribution >= 4 is 40.1 Å². The molecule has 2 heterocycles. The molecule has 0 saturated carbocycles. The highest BCUT2D eigenvalue weighted by atomic mass is 35.5. The molecule has 2 aliphatic heterocycles. The van der Waals surface area contributed by atoms with Crippen molar-refractivity contribution in [2.24, 2.45) is 10.1 Å². The van der Waals surface area contributed by atoms with Crippen LogP contribution in [-0.2, 0) is 4.79 Å². The molecule has 0 spiro atoms. The molecule has 1 amide bonds. The van der Waals surface area contributed by atoms with Crippen molar-refractivity contribution in [3.8, 4) is 0 Å². The predicted molar refractivity (Wildman–Crippen MR) is 100 cm³/mol. The van der Waals surface area contributed by atoms with E-state index in [0.717, 1.165) is 21.9 Å². The third kappa shape index (κ3) is 2.81. The highest BCUT2D eigenvalue weighted by Gasteiger charge is 2.34. The minimum Gasteiger partial charge on any atom is -0.298 e. The molecule has 0 aromatic heterocycles. The fourth-order valence-corrected chi connectivity index (χ4v) is 3.73. The number of fused-ring (bicyclic) bond motifs is 2. The summed E-state index contributed by atoms with van der Waals surface area (Å²) < 4.78 is 0. The van der Waals surface area contributed by atoms with Crippen molar-refractivity contribution in [2.45, 2.75) is 13.1 Å². The summed E-state index contributed by atoms with van der Waals surface area (Å²) >= 11 is 7.88. The van der Waals surface area contributed by atoms with E-state index in [2.05, 4.69) is 10.4 Å². The predicted octanol–water partition coefficient (Wildman–Crippen LogP) is 2.24. The second kappa shape index (κ2) is 6.54. The smallest absolute Gasteiger partial charge is 0.276 e. The van der Waals surface area contributed by atoms with Gasteiger partial charge in [0.05, 0.1) is 5.36 Å². The molecule has 1 atom stereocenters. The number of rotatable bonds is 2. The average molecular weight is 371 g/mol. The molecule has 0 aliphatic carbocycles. The molecule has 0 bridgehead atoms. The van der Waals surface area contributed by atoms with Gasteiger partial charge in [0.15, 0.2) is 11.3 Å². The first-order valence-corrected chi connectivity index (χ1v) is 9.29. The Labute approximate surface area is 154 Å². The van der Waals surface area contributed by atoms with E-state index in [9.17, 15) is 4.79 Å². The molecule has 7 heteroatoms. The molecule has 126 valence electrons. The Hall–Kier alpha value is -2.31. The number of amides is 1. The van der Waals surface area contributed by atoms with Crippen LogP contribution in [0.5, 0.6) is 0 Å². The van der Waals surface area contributed by atoms with Crippen LogP contribution in [-0.4, -0.2) is 21.8 Å². The minimum atomic E-state index is -0.475. The quantitative estimate of drug-likeness (QED) is 0.882. The molecular weight excluding hydrogens is 356 g/mol. The van der Waals surface area contributed by atoms with Crippen LogP contribution >= 0.6 is 23.4 Å². The van der Waals surface area contributed by atoms with E-state index in [1.807, 2.05) is 55.5 Å². The highest BCUT2D eigenvalue weighted by molar-refractivity contribution is 8.13. The van der Waals surface area contributed by atoms with E-state index in [1.54, 1.807) is 5.01 Å². The van der Waals surface area contributed by atoms with Crippen molar-refractivity contribution < 1.29 is 4.79 Å². The normalized spacial score (nSPS) is 18.7. The summed E-state index contributed by atoms with van der Waals surface area (Å²) in [5.74, 6) is 0.637. The fraction of sp³-hybridized carbons (Fsp3) is 0.167. The first-order chi connectivity index (χ1) is 12.2. The molecule has 2 aromatic carbocycles. The molecule has 5 nitrogen and oxygen atoms in total. The molecule has 1 N–H and O–H groups in total. The van der Waals surface area contributed by atoms with E-state index in [4.69, 9.17) is 16.6 Å². The van der Waals surface area contributed by atoms with Gasteiger partial charge in [-0.25, -0.2) is 5.01 Å². The topological polar surface area (TPSA) is 57.1 Å². The van der Waals surface area contributed by atoms with E-state index in [1.165, 1.54) is 11.8 Å². The van der Waals surface area contributed by atoms with Crippen LogP contribution in [0.3, 0.4) is 0 Å². The zero-order valence-electron chi connectivity index (χ0n) is 13.4. The third-order valence-electron chi connectivity index (χ3n) is 3.98. The van der Waals surface area contributed by atoms with Crippen LogP contribution in [0.15, 0.2) is 58.6 Å². The number of hydrazone groups is 1. The van der Waals surface area contributed by atoms with Gasteiger partial charge in [-0.1, -0.05) is 66.7 Å². The van der Waals surface area contributed by atoms with Crippen LogP contribution in [0.4, 0.5) is 0 Å². The number of carbonyl (C=O) groups excluding carboxylic acids is 1. The van der Waals surface area contributed by atoms with Crippen LogP contribution in [0.2, 0.25) is 5.02 Å². The molecule has 0 unspecified atom stereocenters. The summed E-state index contributed by atoms with van der Waals surface area (Å²) in [7, 11) is 0. The molecule has 0 saturated heterocycles. The number of hydrogen-bond acceptors (Lipinski definition) is 5. The number of amidine groups is 1. The maximum atomic E-state index is 12.8. The Kier molecular flexibility index (Phi) is 4.23. The summed E-state index contributed by atoms with van der Waals surface area (Å²) in [6, 6.07) is 15.1. The van der Waals surface area contributed by atoms with Gasteiger partial charge in [-0.3, -0.25) is 15.1 Å². The van der Waals surface area contributed by atoms with Gasteiger partial charge in [0.1, 0.15) is 5.70 Å². The van der Waals surface area contributed by atoms with Gasteiger partial charge in [0.25, 0.3) is 5.91 Å². The lowest BCUT2D eigenvalue weighted by Crippen LogP contribution is -2.50. The molecule has 0 fully saturated rings. The van der Waals surface area contributed by atoms with Gasteiger partial charge < -0.3 is 0 Å². The zero-order valence-corrected chi connectivity index (χ0v) is 15.0. The van der Waals surface area contributed by atoms with E-state index >= 15 is 0 Å². The van der Waals surface area contributed by atoms with Gasteiger partial charge in [0.2, 0.25) is 0 Å². The SMILES string of the molecule is CCSC1=NN2C(=c3ccccc3=N[C@H]2c2ccccc2Cl)C(=O)N1. The van der Waals surface area contributed by atoms with Crippen molar-refractivity contribution in [2.75, 3.05) is 5.75 Å². The number of para-hydroxylation sites is 1. The Bertz CT molecular complexity index is 1000. The van der Waals surface area contributed by atoms with Crippen molar-refractivity contribution in [1.82, 2.24) is 10.3 Å². The monoisotopic (exact) mass is 370 g/mol. The molecule has 0 radical (unpaired) electrons. The summed E-state index contributed by atoms with van der Waals surface area (Å²) in [6.45, 7) is 2.01. The van der Waals surface area contributed by atoms with Crippen molar-refractivity contribution in [1.29, 1.82) is 0 Å². The largest absolute Gasteiger partial charge is 0.298 e. The second-order valence-corrected chi connectivity index (χ2v) is 7.19. The van der Waals surface area contributed by atoms with Gasteiger partial charge in [-0.2, -0.15) is 0 Å². The van der Waals surface area contributed by atoms with Gasteiger partial charge in [-0.15, -0.1) is 5.10 Å². The number of hydrogen-bond donors (Lipinski definition) is 1. The highest BCUT2D eigenvalue weighted by Crippen LogP contribution is 2.34. The molecule has 2 aliphatic rings. The third-order valence-corrected chi connectivity index (χ3v) is 5.07. The zero-order chi connectivity index (χ0) is 17.4. The van der Waals surface area contributed by atoms with Crippen molar-refractivity contribution in [3.63, 3.8) is 0 Å². The van der Waals surface area contributed by atoms with E-state index < -0.39 is 6.17 Å². The first kappa shape index (κ1) is 16.2. The molecule has 25 heavy (non-hydrogen) atoms. The number of benzene rings is 2. The van der Waals surface area contributed by atoms with Crippen LogP contribution in [0.1, 0.15) is 18.7 Å². The number of carbonyl (C=O) groups is 1. The number of nitrogens with zero attached hydrogens (tertiary/aromatic N) is 3. The van der Waals surface area contributed by atoms with Crippen molar-refractivity contribution in [3.05, 3.63) is 69.7 Å². The number of thioether (sulfide) groups is 1. The standard InChI is InChI=1S/C18H15ClN4OS/c1-2-25-18-21-17(24)15-12-8-4-6-10-14(12)20-16(23(15)22-18)11-7-3-5-9-13(11)19/h3-10,16H,2H2,1H3,(H,21,22,24)/t16-/m1/s1. The van der Waals surface area contributed by atoms with Gasteiger partial charge in [-0.05, 0) is 17.9 Å². The van der Waals surface area contributed by atoms with Crippen LogP contribution in [0.25, 0.3) is 5.70 Å². The summed E-state index contributed by atoms with van der Waals surface area (Å²) in [5, 5.41) is 11.9. The van der Waals surface area contributed by atoms with Gasteiger partial charge >= 0.3 is 0 Å². The Morgan fingerprint density at radius 3 is 2.76 bits per heavy atom. The number of halogens is 1. The maximum absolute atomic E-state index is 12.8. The van der Waals surface area contributed by atoms with Crippen LogP contribution in [0, 0.1) is 0 Å². The summed E-state index contributed by atoms with van der Waals surface area (Å²) in [4.78, 5) is 17.6. The minimum absolute atomic E-state index is 0.176. The molecule has 4 rings (SSSR count). The lowest BCUT2D eigenvalue weighted by Gasteiger charge is -2.34. The molecule has 2 aromatic rings. The van der Waals surface area contributed by atoms with E-state index in [-0.39, 0.29) is 5.91 Å². The van der Waals surface area contributed by atoms with Gasteiger partial charge in [0, 0.05) is 15.8 Å². The molecular formula is C18H15ClN4OS. The second-order valence-electron chi connectivity index (χ2n) is 5.53. The number of nitrogens with one attached hydrogen (secondary N) is 1. The average Bonchev–Trinajstić information content (AvgIpc) is 2.61. The summed E-state index contributed by atoms with van der Waals surface area (Å²) in [5.41, 5.74) is 1.31. The van der Waals surface area contributed by atoms with Crippen LogP contribution < -0.4 is 15.9 Å². The summed E-state index contributed by atoms with van der Waals surface area (Å²) in [6.07, 6.45) is -0.475. The Morgan fingerprint density at radius 2 is 1.96 bits per heavy atom. The lowest BCUT2D eigenvalue weighted by molar-refractivity contribution is -0.116. The van der Waals surface area contributed by atoms with E-state index in [0.29, 0.717) is 15.9 Å². The Morgan fingerprint density at radius 1 is 1.20 bits per heavy atom.